The van der Waals surface area contributed by atoms with Gasteiger partial charge in [0.15, 0.2) is 0 Å². The molecule has 2 aromatic heterocycles. The molecule has 4 rings (SSSR count). The summed E-state index contributed by atoms with van der Waals surface area (Å²) in [4.78, 5) is 24.4. The zero-order chi connectivity index (χ0) is 23.7. The third-order valence-electron chi connectivity index (χ3n) is 5.57. The predicted octanol–water partition coefficient (Wildman–Crippen LogP) is 2.89. The van der Waals surface area contributed by atoms with E-state index in [2.05, 4.69) is 15.3 Å². The first kappa shape index (κ1) is 22.5. The number of nitrogens with zero attached hydrogens (tertiary/aromatic N) is 3. The fourth-order valence-corrected chi connectivity index (χ4v) is 3.78. The molecule has 0 saturated heterocycles. The van der Waals surface area contributed by atoms with Gasteiger partial charge in [-0.1, -0.05) is 0 Å². The third kappa shape index (κ3) is 4.32. The van der Waals surface area contributed by atoms with Gasteiger partial charge in [-0.15, -0.1) is 0 Å². The fourth-order valence-electron chi connectivity index (χ4n) is 3.78. The molecule has 8 nitrogen and oxygen atoms in total. The fraction of sp³-hybridized carbons (Fsp3) is 0.250. The Morgan fingerprint density at radius 3 is 2.55 bits per heavy atom. The van der Waals surface area contributed by atoms with E-state index in [-0.39, 0.29) is 56.3 Å². The van der Waals surface area contributed by atoms with Gasteiger partial charge in [-0.3, -0.25) is 0 Å². The molecule has 1 amide bonds. The van der Waals surface area contributed by atoms with Gasteiger partial charge in [-0.25, -0.2) is 0 Å². The molecule has 168 valence electrons. The molecular formula is C24H25BN4O4. The molecule has 33 heavy (non-hydrogen) atoms. The summed E-state index contributed by atoms with van der Waals surface area (Å²) in [6.45, 7) is 4.69. The Morgan fingerprint density at radius 1 is 1.06 bits per heavy atom. The molecule has 2 heterocycles. The molecule has 0 fully saturated rings. The number of amides is 1. The molecule has 0 saturated carbocycles. The molecule has 0 aliphatic carbocycles. The number of hydrogen-bond donors (Lipinski definition) is 4. The number of fused-ring (bicyclic) bond motifs is 2. The number of hydrogen-bond acceptors (Lipinski definition) is 7. The van der Waals surface area contributed by atoms with E-state index in [1.54, 1.807) is 6.92 Å². The summed E-state index contributed by atoms with van der Waals surface area (Å²) in [5.41, 5.74) is 2.41. The van der Waals surface area contributed by atoms with E-state index in [4.69, 9.17) is 0 Å². The van der Waals surface area contributed by atoms with Crippen LogP contribution in [0.15, 0.2) is 36.3 Å². The van der Waals surface area contributed by atoms with Crippen molar-refractivity contribution in [3.63, 3.8) is 0 Å². The normalized spacial score (nSPS) is 11.3. The van der Waals surface area contributed by atoms with Gasteiger partial charge in [0.05, 0.1) is 0 Å². The number of aromatic hydroxyl groups is 3. The average Bonchev–Trinajstić information content (AvgIpc) is 2.80. The van der Waals surface area contributed by atoms with Crippen molar-refractivity contribution in [3.8, 4) is 28.3 Å². The molecule has 0 radical (unpaired) electrons. The second kappa shape index (κ2) is 9.03. The van der Waals surface area contributed by atoms with Gasteiger partial charge in [-0.05, 0) is 0 Å². The standard InChI is InChI=1S/C24H25BN4O4/c1-13-17(30)12-16-20(23(13)32)28-22-19(24(33)26-9-6-10-29(2)3)14(11-18(31)21(22)27-16)15-7-4-5-8-25-15/h4-5,7-8,11-12,30-32H,6,9-10H2,1-3H3,(H,26,33). The summed E-state index contributed by atoms with van der Waals surface area (Å²) in [5.74, 6) is 0.997. The van der Waals surface area contributed by atoms with Crippen LogP contribution >= 0.6 is 0 Å². The minimum absolute atomic E-state index is 0.114. The van der Waals surface area contributed by atoms with Crippen molar-refractivity contribution >= 4 is 34.9 Å². The van der Waals surface area contributed by atoms with Gasteiger partial charge in [-0.2, -0.15) is 0 Å². The minimum atomic E-state index is -0.346. The number of carbonyl (C=O) groups excluding carboxylic acids is 1. The third-order valence-corrected chi connectivity index (χ3v) is 5.57. The average molecular weight is 444 g/mol. The molecule has 2 aromatic carbocycles. The topological polar surface area (TPSA) is 119 Å². The molecule has 9 heteroatoms. The Kier molecular flexibility index (Phi) is 6.15. The Bertz CT molecular complexity index is 1360. The number of rotatable bonds is 6. The number of nitrogens with one attached hydrogen (secondary N) is 1. The molecule has 0 spiro atoms. The first-order chi connectivity index (χ1) is 15.8. The number of phenolic OH excluding ortho intramolecular Hbond substituents is 3. The van der Waals surface area contributed by atoms with Crippen molar-refractivity contribution in [3.05, 3.63) is 47.4 Å². The first-order valence-corrected chi connectivity index (χ1v) is 10.6. The Hall–Kier alpha value is -3.72. The van der Waals surface area contributed by atoms with Gasteiger partial charge < -0.3 is 0 Å². The maximum absolute atomic E-state index is 13.4. The van der Waals surface area contributed by atoms with Crippen LogP contribution in [-0.2, 0) is 0 Å². The van der Waals surface area contributed by atoms with E-state index in [1.807, 2.05) is 50.1 Å². The van der Waals surface area contributed by atoms with Gasteiger partial charge in [0, 0.05) is 0 Å². The van der Waals surface area contributed by atoms with Crippen molar-refractivity contribution in [1.29, 1.82) is 0 Å². The van der Waals surface area contributed by atoms with Crippen LogP contribution < -0.4 is 5.32 Å². The Labute approximate surface area is 191 Å². The molecule has 4 aromatic rings. The van der Waals surface area contributed by atoms with E-state index < -0.39 is 0 Å². The summed E-state index contributed by atoms with van der Waals surface area (Å²) >= 11 is 0. The SMILES string of the molecule is Cc1c(O)cc2nc3c(O)cc(-c4bcccc4)c(C(=O)NCCCN(C)C)c3nc2c1O. The van der Waals surface area contributed by atoms with E-state index >= 15 is 0 Å². The van der Waals surface area contributed by atoms with Crippen LogP contribution in [0.3, 0.4) is 0 Å². The van der Waals surface area contributed by atoms with E-state index in [1.165, 1.54) is 12.1 Å². The number of aromatic nitrogens is 2. The summed E-state index contributed by atoms with van der Waals surface area (Å²) in [5, 5.41) is 34.4. The van der Waals surface area contributed by atoms with Crippen LogP contribution in [0.1, 0.15) is 22.3 Å². The van der Waals surface area contributed by atoms with Crippen LogP contribution in [0.4, 0.5) is 0 Å². The van der Waals surface area contributed by atoms with Crippen LogP contribution in [0, 0.1) is 6.92 Å². The maximum atomic E-state index is 13.4. The molecule has 4 N–H and O–H groups in total. The van der Waals surface area contributed by atoms with Crippen LogP contribution in [-0.4, -0.2) is 70.2 Å². The van der Waals surface area contributed by atoms with Gasteiger partial charge in [0.1, 0.15) is 0 Å². The molecule has 0 aliphatic rings. The van der Waals surface area contributed by atoms with E-state index in [0.717, 1.165) is 18.4 Å². The molecule has 0 unspecified atom stereocenters. The second-order valence-electron chi connectivity index (χ2n) is 8.25. The molecular weight excluding hydrogens is 419 g/mol. The molecule has 0 aliphatic heterocycles. The van der Waals surface area contributed by atoms with Crippen LogP contribution in [0.25, 0.3) is 33.1 Å². The van der Waals surface area contributed by atoms with Crippen molar-refractivity contribution in [1.82, 2.24) is 20.2 Å². The molecule has 0 bridgehead atoms. The van der Waals surface area contributed by atoms with E-state index in [9.17, 15) is 20.1 Å². The molecule has 0 atom stereocenters. The summed E-state index contributed by atoms with van der Waals surface area (Å²) < 4.78 is 0. The number of carbonyl (C=O) groups is 1. The van der Waals surface area contributed by atoms with E-state index in [0.29, 0.717) is 12.1 Å². The summed E-state index contributed by atoms with van der Waals surface area (Å²) in [7, 11) is 3.94. The zero-order valence-electron chi connectivity index (χ0n) is 18.8. The van der Waals surface area contributed by atoms with Crippen molar-refractivity contribution < 1.29 is 20.1 Å². The monoisotopic (exact) mass is 444 g/mol. The van der Waals surface area contributed by atoms with Crippen molar-refractivity contribution in [2.75, 3.05) is 27.2 Å². The summed E-state index contributed by atoms with van der Waals surface area (Å²) in [6.07, 6.45) is 0.767. The van der Waals surface area contributed by atoms with Crippen molar-refractivity contribution in [2.24, 2.45) is 0 Å². The first-order valence-electron chi connectivity index (χ1n) is 10.6. The Morgan fingerprint density at radius 2 is 1.85 bits per heavy atom. The summed E-state index contributed by atoms with van der Waals surface area (Å²) in [6, 6.07) is 8.44. The Balaban J connectivity index is 1.95. The van der Waals surface area contributed by atoms with Gasteiger partial charge in [0.25, 0.3) is 0 Å². The zero-order valence-corrected chi connectivity index (χ0v) is 18.8. The number of phenols is 3. The van der Waals surface area contributed by atoms with Gasteiger partial charge in [0.2, 0.25) is 0 Å². The second-order valence-corrected chi connectivity index (χ2v) is 8.25. The van der Waals surface area contributed by atoms with Crippen LogP contribution in [0.2, 0.25) is 0 Å². The van der Waals surface area contributed by atoms with Gasteiger partial charge >= 0.3 is 191 Å². The quantitative estimate of drug-likeness (QED) is 0.267. The number of benzene rings is 2. The predicted molar refractivity (Wildman–Crippen MR) is 129 cm³/mol. The van der Waals surface area contributed by atoms with Crippen molar-refractivity contribution in [2.45, 2.75) is 13.3 Å². The van der Waals surface area contributed by atoms with Crippen LogP contribution in [0.5, 0.6) is 17.2 Å².